The first-order chi connectivity index (χ1) is 15.1. The van der Waals surface area contributed by atoms with Crippen LogP contribution in [0.3, 0.4) is 0 Å². The Hall–Kier alpha value is -2.73. The first kappa shape index (κ1) is 21.5. The standard InChI is InChI=1S/C25H31FN4O/c1-2-23-6-3-4-14-29(23)15-5-13-27-25(31)20-9-10-21-17-28-30(24(21)16-20)18-19-7-11-22(26)12-8-19/h7-12,16-17,23H,2-6,13-15,18H2,1H3,(H,27,31). The van der Waals surface area contributed by atoms with E-state index in [9.17, 15) is 9.18 Å². The predicted octanol–water partition coefficient (Wildman–Crippen LogP) is 4.61. The molecule has 164 valence electrons. The highest BCUT2D eigenvalue weighted by atomic mass is 19.1. The summed E-state index contributed by atoms with van der Waals surface area (Å²) in [6.45, 7) is 5.70. The summed E-state index contributed by atoms with van der Waals surface area (Å²) in [6, 6.07) is 12.8. The van der Waals surface area contributed by atoms with E-state index < -0.39 is 0 Å². The van der Waals surface area contributed by atoms with Crippen LogP contribution >= 0.6 is 0 Å². The number of carbonyl (C=O) groups is 1. The Morgan fingerprint density at radius 1 is 1.19 bits per heavy atom. The lowest BCUT2D eigenvalue weighted by molar-refractivity contribution is 0.0947. The summed E-state index contributed by atoms with van der Waals surface area (Å²) in [4.78, 5) is 15.3. The molecule has 3 aromatic rings. The lowest BCUT2D eigenvalue weighted by Gasteiger charge is -2.35. The van der Waals surface area contributed by atoms with E-state index >= 15 is 0 Å². The van der Waals surface area contributed by atoms with Crippen molar-refractivity contribution < 1.29 is 9.18 Å². The van der Waals surface area contributed by atoms with Gasteiger partial charge < -0.3 is 10.2 Å². The minimum absolute atomic E-state index is 0.0536. The van der Waals surface area contributed by atoms with Crippen LogP contribution < -0.4 is 5.32 Å². The molecule has 0 aliphatic carbocycles. The highest BCUT2D eigenvalue weighted by Crippen LogP contribution is 2.20. The number of nitrogens with one attached hydrogen (secondary N) is 1. The molecule has 2 aromatic carbocycles. The van der Waals surface area contributed by atoms with Gasteiger partial charge in [0, 0.05) is 30.1 Å². The van der Waals surface area contributed by atoms with E-state index in [-0.39, 0.29) is 11.7 Å². The first-order valence-corrected chi connectivity index (χ1v) is 11.4. The van der Waals surface area contributed by atoms with Crippen molar-refractivity contribution in [1.82, 2.24) is 20.0 Å². The van der Waals surface area contributed by atoms with E-state index in [0.29, 0.717) is 24.7 Å². The summed E-state index contributed by atoms with van der Waals surface area (Å²) in [5, 5.41) is 8.49. The van der Waals surface area contributed by atoms with Gasteiger partial charge in [0.15, 0.2) is 0 Å². The molecule has 0 bridgehead atoms. The maximum atomic E-state index is 13.2. The molecule has 6 heteroatoms. The van der Waals surface area contributed by atoms with E-state index in [4.69, 9.17) is 0 Å². The number of fused-ring (bicyclic) bond motifs is 1. The van der Waals surface area contributed by atoms with E-state index in [2.05, 4.69) is 22.2 Å². The maximum Gasteiger partial charge on any atom is 0.251 e. The molecule has 0 spiro atoms. The Bertz CT molecular complexity index is 1010. The number of piperidine rings is 1. The number of halogens is 1. The van der Waals surface area contributed by atoms with Gasteiger partial charge in [0.2, 0.25) is 0 Å². The van der Waals surface area contributed by atoms with E-state index in [1.54, 1.807) is 18.3 Å². The fraction of sp³-hybridized carbons (Fsp3) is 0.440. The number of aromatic nitrogens is 2. The van der Waals surface area contributed by atoms with Gasteiger partial charge in [-0.05, 0) is 62.1 Å². The van der Waals surface area contributed by atoms with Gasteiger partial charge in [0.1, 0.15) is 5.82 Å². The molecule has 1 amide bonds. The van der Waals surface area contributed by atoms with Crippen LogP contribution in [0.5, 0.6) is 0 Å². The Morgan fingerprint density at radius 2 is 2.03 bits per heavy atom. The molecule has 1 saturated heterocycles. The van der Waals surface area contributed by atoms with Gasteiger partial charge in [-0.15, -0.1) is 0 Å². The van der Waals surface area contributed by atoms with Gasteiger partial charge in [-0.3, -0.25) is 9.48 Å². The van der Waals surface area contributed by atoms with Crippen molar-refractivity contribution in [2.24, 2.45) is 0 Å². The van der Waals surface area contributed by atoms with Gasteiger partial charge in [-0.25, -0.2) is 4.39 Å². The Kier molecular flexibility index (Phi) is 6.97. The Labute approximate surface area is 183 Å². The summed E-state index contributed by atoms with van der Waals surface area (Å²) < 4.78 is 15.0. The number of nitrogens with zero attached hydrogens (tertiary/aromatic N) is 3. The summed E-state index contributed by atoms with van der Waals surface area (Å²) in [7, 11) is 0. The molecule has 31 heavy (non-hydrogen) atoms. The molecule has 2 heterocycles. The third-order valence-electron chi connectivity index (χ3n) is 6.28. The van der Waals surface area contributed by atoms with Crippen molar-refractivity contribution in [3.05, 3.63) is 65.6 Å². The largest absolute Gasteiger partial charge is 0.352 e. The third-order valence-corrected chi connectivity index (χ3v) is 6.28. The van der Waals surface area contributed by atoms with Gasteiger partial charge in [0.05, 0.1) is 18.3 Å². The molecule has 0 saturated carbocycles. The minimum Gasteiger partial charge on any atom is -0.352 e. The number of hydrogen-bond donors (Lipinski definition) is 1. The zero-order valence-corrected chi connectivity index (χ0v) is 18.2. The fourth-order valence-electron chi connectivity index (χ4n) is 4.50. The predicted molar refractivity (Wildman–Crippen MR) is 122 cm³/mol. The average Bonchev–Trinajstić information content (AvgIpc) is 3.20. The van der Waals surface area contributed by atoms with Crippen LogP contribution in [-0.2, 0) is 6.54 Å². The van der Waals surface area contributed by atoms with Gasteiger partial charge in [-0.1, -0.05) is 31.5 Å². The number of hydrogen-bond acceptors (Lipinski definition) is 3. The maximum absolute atomic E-state index is 13.2. The SMILES string of the molecule is CCC1CCCCN1CCCNC(=O)c1ccc2cnn(Cc3ccc(F)cc3)c2c1. The van der Waals surface area contributed by atoms with E-state index in [0.717, 1.165) is 29.4 Å². The Morgan fingerprint density at radius 3 is 2.84 bits per heavy atom. The zero-order valence-electron chi connectivity index (χ0n) is 18.2. The van der Waals surface area contributed by atoms with Crippen LogP contribution in [0.1, 0.15) is 54.9 Å². The van der Waals surface area contributed by atoms with E-state index in [1.165, 1.54) is 44.4 Å². The normalized spacial score (nSPS) is 17.2. The second-order valence-corrected chi connectivity index (χ2v) is 8.41. The molecule has 1 aliphatic heterocycles. The second kappa shape index (κ2) is 10.1. The Balaban J connectivity index is 1.35. The molecule has 5 nitrogen and oxygen atoms in total. The van der Waals surface area contributed by atoms with E-state index in [1.807, 2.05) is 22.9 Å². The molecule has 4 rings (SSSR count). The molecule has 1 fully saturated rings. The molecule has 0 radical (unpaired) electrons. The highest BCUT2D eigenvalue weighted by Gasteiger charge is 2.20. The number of rotatable bonds is 8. The van der Waals surface area contributed by atoms with Crippen LogP contribution in [0.2, 0.25) is 0 Å². The summed E-state index contributed by atoms with van der Waals surface area (Å²) in [5.41, 5.74) is 2.50. The topological polar surface area (TPSA) is 50.2 Å². The van der Waals surface area contributed by atoms with Crippen molar-refractivity contribution in [1.29, 1.82) is 0 Å². The third kappa shape index (κ3) is 5.31. The lowest BCUT2D eigenvalue weighted by Crippen LogP contribution is -2.40. The van der Waals surface area contributed by atoms with Crippen LogP contribution in [-0.4, -0.2) is 46.3 Å². The lowest BCUT2D eigenvalue weighted by atomic mass is 10.00. The molecule has 1 atom stereocenters. The second-order valence-electron chi connectivity index (χ2n) is 8.41. The first-order valence-electron chi connectivity index (χ1n) is 11.4. The molecule has 1 unspecified atom stereocenters. The summed E-state index contributed by atoms with van der Waals surface area (Å²) in [5.74, 6) is -0.305. The van der Waals surface area contributed by atoms with Gasteiger partial charge in [-0.2, -0.15) is 5.10 Å². The average molecular weight is 423 g/mol. The summed E-state index contributed by atoms with van der Waals surface area (Å²) >= 11 is 0. The molecule has 1 aliphatic rings. The molecular formula is C25H31FN4O. The summed E-state index contributed by atoms with van der Waals surface area (Å²) in [6.07, 6.45) is 7.89. The van der Waals surface area contributed by atoms with Crippen LogP contribution in [0.4, 0.5) is 4.39 Å². The van der Waals surface area contributed by atoms with Crippen LogP contribution in [0.15, 0.2) is 48.7 Å². The van der Waals surface area contributed by atoms with Crippen molar-refractivity contribution in [3.8, 4) is 0 Å². The van der Waals surface area contributed by atoms with Crippen LogP contribution in [0, 0.1) is 5.82 Å². The quantitative estimate of drug-likeness (QED) is 0.540. The fourth-order valence-corrected chi connectivity index (χ4v) is 4.50. The molecule has 1 N–H and O–H groups in total. The smallest absolute Gasteiger partial charge is 0.251 e. The number of likely N-dealkylation sites (tertiary alicyclic amines) is 1. The van der Waals surface area contributed by atoms with Crippen molar-refractivity contribution in [2.45, 2.75) is 51.6 Å². The van der Waals surface area contributed by atoms with Crippen molar-refractivity contribution >= 4 is 16.8 Å². The van der Waals surface area contributed by atoms with Gasteiger partial charge in [0.25, 0.3) is 5.91 Å². The zero-order chi connectivity index (χ0) is 21.6. The molecule has 1 aromatic heterocycles. The van der Waals surface area contributed by atoms with Crippen molar-refractivity contribution in [2.75, 3.05) is 19.6 Å². The molecular weight excluding hydrogens is 391 g/mol. The highest BCUT2D eigenvalue weighted by molar-refractivity contribution is 5.97. The van der Waals surface area contributed by atoms with Crippen molar-refractivity contribution in [3.63, 3.8) is 0 Å². The number of amides is 1. The monoisotopic (exact) mass is 422 g/mol. The minimum atomic E-state index is -0.251. The van der Waals surface area contributed by atoms with Gasteiger partial charge >= 0.3 is 0 Å². The number of carbonyl (C=O) groups excluding carboxylic acids is 1. The number of benzene rings is 2. The van der Waals surface area contributed by atoms with Crippen LogP contribution in [0.25, 0.3) is 10.9 Å².